The number of rotatable bonds is 9. The van der Waals surface area contributed by atoms with Crippen molar-refractivity contribution in [3.63, 3.8) is 0 Å². The summed E-state index contributed by atoms with van der Waals surface area (Å²) < 4.78 is 45.2. The van der Waals surface area contributed by atoms with Crippen LogP contribution in [-0.2, 0) is 27.7 Å². The number of alkyl halides is 3. The molecule has 4 nitrogen and oxygen atoms in total. The van der Waals surface area contributed by atoms with Crippen molar-refractivity contribution in [3.05, 3.63) is 69.7 Å². The smallest absolute Gasteiger partial charge is 0.416 e. The Kier molecular flexibility index (Phi) is 9.40. The predicted molar refractivity (Wildman–Crippen MR) is 135 cm³/mol. The highest BCUT2D eigenvalue weighted by Gasteiger charge is 2.44. The lowest BCUT2D eigenvalue weighted by Gasteiger charge is -2.38. The highest BCUT2D eigenvalue weighted by atomic mass is 79.9. The first-order valence-electron chi connectivity index (χ1n) is 12.0. The summed E-state index contributed by atoms with van der Waals surface area (Å²) in [4.78, 5) is 17.6. The Bertz CT molecular complexity index is 973. The first-order chi connectivity index (χ1) is 16.6. The molecule has 0 aromatic heterocycles. The Morgan fingerprint density at radius 2 is 1.63 bits per heavy atom. The minimum atomic E-state index is -4.32. The van der Waals surface area contributed by atoms with Gasteiger partial charge < -0.3 is 9.64 Å². The average Bonchev–Trinajstić information content (AvgIpc) is 2.82. The molecule has 0 saturated carbocycles. The number of methoxy groups -OCH3 is 1. The first-order valence-corrected chi connectivity index (χ1v) is 12.8. The van der Waals surface area contributed by atoms with Crippen LogP contribution in [0.3, 0.4) is 0 Å². The number of carbonyl (C=O) groups is 1. The van der Waals surface area contributed by atoms with Crippen molar-refractivity contribution >= 4 is 21.9 Å². The van der Waals surface area contributed by atoms with Gasteiger partial charge in [-0.2, -0.15) is 13.2 Å². The molecule has 0 aliphatic carbocycles. The van der Waals surface area contributed by atoms with Crippen LogP contribution in [0, 0.1) is 5.92 Å². The highest BCUT2D eigenvalue weighted by Crippen LogP contribution is 2.39. The molecule has 35 heavy (non-hydrogen) atoms. The van der Waals surface area contributed by atoms with E-state index in [0.29, 0.717) is 18.5 Å². The van der Waals surface area contributed by atoms with E-state index in [1.165, 1.54) is 19.2 Å². The zero-order valence-electron chi connectivity index (χ0n) is 20.6. The van der Waals surface area contributed by atoms with E-state index in [-0.39, 0.29) is 11.9 Å². The van der Waals surface area contributed by atoms with Gasteiger partial charge in [-0.25, -0.2) is 0 Å². The molecular formula is C27H34BrF3N2O2. The number of piperazine rings is 1. The molecule has 0 bridgehead atoms. The molecule has 1 unspecified atom stereocenters. The summed E-state index contributed by atoms with van der Waals surface area (Å²) in [6.07, 6.45) is -2.79. The van der Waals surface area contributed by atoms with E-state index in [4.69, 9.17) is 4.74 Å². The predicted octanol–water partition coefficient (Wildman–Crippen LogP) is 6.13. The molecule has 0 N–H and O–H groups in total. The van der Waals surface area contributed by atoms with E-state index < -0.39 is 17.2 Å². The molecule has 1 heterocycles. The standard InChI is InChI=1S/C27H34BrF3N2O2/c1-20(2)26(25(34)35-3,22-8-10-24(28)11-9-22)12-5-13-32-14-16-33(17-15-32)19-21-6-4-7-23(18-21)27(29,30)31/h4,6-11,18,20H,5,12-17,19H2,1-3H3. The van der Waals surface area contributed by atoms with E-state index >= 15 is 0 Å². The molecule has 2 aromatic carbocycles. The van der Waals surface area contributed by atoms with E-state index in [9.17, 15) is 18.0 Å². The third-order valence-corrected chi connectivity index (χ3v) is 7.59. The van der Waals surface area contributed by atoms with Crippen LogP contribution in [0.4, 0.5) is 13.2 Å². The van der Waals surface area contributed by atoms with Gasteiger partial charge in [-0.05, 0) is 54.6 Å². The third-order valence-electron chi connectivity index (χ3n) is 7.07. The minimum absolute atomic E-state index is 0.0698. The normalized spacial score (nSPS) is 17.4. The molecule has 3 rings (SSSR count). The van der Waals surface area contributed by atoms with Gasteiger partial charge in [-0.1, -0.05) is 60.1 Å². The van der Waals surface area contributed by atoms with E-state index in [0.717, 1.165) is 55.2 Å². The fraction of sp³-hybridized carbons (Fsp3) is 0.519. The van der Waals surface area contributed by atoms with Crippen molar-refractivity contribution in [2.45, 2.75) is 44.8 Å². The molecule has 1 aliphatic heterocycles. The Hall–Kier alpha value is -1.90. The van der Waals surface area contributed by atoms with Gasteiger partial charge in [0.2, 0.25) is 0 Å². The molecule has 0 spiro atoms. The van der Waals surface area contributed by atoms with Gasteiger partial charge in [0.05, 0.1) is 18.1 Å². The maximum absolute atomic E-state index is 13.0. The third kappa shape index (κ3) is 6.86. The van der Waals surface area contributed by atoms with Gasteiger partial charge in [0.1, 0.15) is 0 Å². The van der Waals surface area contributed by atoms with Crippen LogP contribution in [-0.4, -0.2) is 55.6 Å². The second-order valence-corrected chi connectivity index (χ2v) is 10.5. The summed E-state index contributed by atoms with van der Waals surface area (Å²) in [6, 6.07) is 13.5. The average molecular weight is 555 g/mol. The molecule has 8 heteroatoms. The second kappa shape index (κ2) is 11.9. The zero-order chi connectivity index (χ0) is 25.6. The summed E-state index contributed by atoms with van der Waals surface area (Å²) in [5.74, 6) is -0.138. The van der Waals surface area contributed by atoms with Gasteiger partial charge in [-0.15, -0.1) is 0 Å². The van der Waals surface area contributed by atoms with E-state index in [2.05, 4.69) is 39.6 Å². The number of halogens is 4. The fourth-order valence-corrected chi connectivity index (χ4v) is 5.27. The summed E-state index contributed by atoms with van der Waals surface area (Å²) >= 11 is 3.47. The largest absolute Gasteiger partial charge is 0.468 e. The molecule has 0 amide bonds. The molecule has 1 atom stereocenters. The molecule has 0 radical (unpaired) electrons. The van der Waals surface area contributed by atoms with Crippen molar-refractivity contribution in [2.24, 2.45) is 5.92 Å². The zero-order valence-corrected chi connectivity index (χ0v) is 22.2. The van der Waals surface area contributed by atoms with E-state index in [1.807, 2.05) is 24.3 Å². The fourth-order valence-electron chi connectivity index (χ4n) is 5.01. The van der Waals surface area contributed by atoms with Gasteiger partial charge in [0.15, 0.2) is 0 Å². The molecule has 1 fully saturated rings. The number of benzene rings is 2. The lowest BCUT2D eigenvalue weighted by atomic mass is 9.68. The number of esters is 1. The number of hydrogen-bond donors (Lipinski definition) is 0. The number of nitrogens with zero attached hydrogens (tertiary/aromatic N) is 2. The summed E-state index contributed by atoms with van der Waals surface area (Å²) in [6.45, 7) is 8.80. The Labute approximate surface area is 214 Å². The first kappa shape index (κ1) is 27.7. The van der Waals surface area contributed by atoms with Crippen LogP contribution in [0.25, 0.3) is 0 Å². The lowest BCUT2D eigenvalue weighted by Crippen LogP contribution is -2.47. The van der Waals surface area contributed by atoms with Crippen LogP contribution >= 0.6 is 15.9 Å². The monoisotopic (exact) mass is 554 g/mol. The summed E-state index contributed by atoms with van der Waals surface area (Å²) in [5.41, 5.74) is 0.343. The van der Waals surface area contributed by atoms with Crippen molar-refractivity contribution in [1.82, 2.24) is 9.80 Å². The quantitative estimate of drug-likeness (QED) is 0.349. The van der Waals surface area contributed by atoms with Gasteiger partial charge in [0, 0.05) is 37.2 Å². The molecule has 1 aliphatic rings. The Morgan fingerprint density at radius 3 is 2.20 bits per heavy atom. The minimum Gasteiger partial charge on any atom is -0.468 e. The molecule has 2 aromatic rings. The van der Waals surface area contributed by atoms with Crippen molar-refractivity contribution in [1.29, 1.82) is 0 Å². The van der Waals surface area contributed by atoms with Crippen LogP contribution in [0.1, 0.15) is 43.4 Å². The van der Waals surface area contributed by atoms with Crippen molar-refractivity contribution < 1.29 is 22.7 Å². The Balaban J connectivity index is 1.56. The number of ether oxygens (including phenoxy) is 1. The van der Waals surface area contributed by atoms with Crippen molar-refractivity contribution in [3.8, 4) is 0 Å². The van der Waals surface area contributed by atoms with Crippen LogP contribution in [0.5, 0.6) is 0 Å². The highest BCUT2D eigenvalue weighted by molar-refractivity contribution is 9.10. The number of carbonyl (C=O) groups excluding carboxylic acids is 1. The maximum atomic E-state index is 13.0. The lowest BCUT2D eigenvalue weighted by molar-refractivity contribution is -0.150. The SMILES string of the molecule is COC(=O)C(CCCN1CCN(Cc2cccc(C(F)(F)F)c2)CC1)(c1ccc(Br)cc1)C(C)C. The van der Waals surface area contributed by atoms with E-state index in [1.54, 1.807) is 6.07 Å². The van der Waals surface area contributed by atoms with Gasteiger partial charge in [-0.3, -0.25) is 9.69 Å². The maximum Gasteiger partial charge on any atom is 0.416 e. The summed E-state index contributed by atoms with van der Waals surface area (Å²) in [5, 5.41) is 0. The number of hydrogen-bond acceptors (Lipinski definition) is 4. The van der Waals surface area contributed by atoms with Crippen molar-refractivity contribution in [2.75, 3.05) is 39.8 Å². The van der Waals surface area contributed by atoms with Gasteiger partial charge >= 0.3 is 12.1 Å². The Morgan fingerprint density at radius 1 is 1.00 bits per heavy atom. The topological polar surface area (TPSA) is 32.8 Å². The second-order valence-electron chi connectivity index (χ2n) is 9.54. The van der Waals surface area contributed by atoms with Crippen LogP contribution in [0.15, 0.2) is 53.0 Å². The van der Waals surface area contributed by atoms with Gasteiger partial charge in [0.25, 0.3) is 0 Å². The molecule has 1 saturated heterocycles. The molecular weight excluding hydrogens is 521 g/mol. The van der Waals surface area contributed by atoms with Crippen LogP contribution < -0.4 is 0 Å². The molecule has 192 valence electrons. The van der Waals surface area contributed by atoms with Crippen LogP contribution in [0.2, 0.25) is 0 Å². The summed E-state index contributed by atoms with van der Waals surface area (Å²) in [7, 11) is 1.45.